The Morgan fingerprint density at radius 3 is 2.45 bits per heavy atom. The van der Waals surface area contributed by atoms with Gasteiger partial charge in [0.15, 0.2) is 6.61 Å². The van der Waals surface area contributed by atoms with Gasteiger partial charge in [0.05, 0.1) is 6.61 Å². The maximum Gasteiger partial charge on any atom is 0.259 e. The van der Waals surface area contributed by atoms with Gasteiger partial charge in [-0.3, -0.25) is 9.59 Å². The first-order valence-corrected chi connectivity index (χ1v) is 9.92. The van der Waals surface area contributed by atoms with Crippen LogP contribution in [0.1, 0.15) is 35.7 Å². The molecule has 156 valence electrons. The van der Waals surface area contributed by atoms with E-state index in [9.17, 15) is 9.59 Å². The lowest BCUT2D eigenvalue weighted by Gasteiger charge is -2.12. The second-order valence-corrected chi connectivity index (χ2v) is 6.96. The standard InChI is InChI=1S/C23H30N2O4/c1-4-5-15-28-20-11-9-18(10-12-20)13-14-24-23(27)19-7-6-8-21(16-19)29-17-22(26)25(2)3/h6-12,16H,4-5,13-15,17H2,1-3H3,(H,24,27). The summed E-state index contributed by atoms with van der Waals surface area (Å²) in [7, 11) is 3.34. The maximum atomic E-state index is 12.4. The summed E-state index contributed by atoms with van der Waals surface area (Å²) in [5.41, 5.74) is 1.63. The van der Waals surface area contributed by atoms with Gasteiger partial charge in [-0.1, -0.05) is 31.5 Å². The van der Waals surface area contributed by atoms with Crippen molar-refractivity contribution in [2.24, 2.45) is 0 Å². The molecule has 6 nitrogen and oxygen atoms in total. The van der Waals surface area contributed by atoms with Gasteiger partial charge >= 0.3 is 0 Å². The second kappa shape index (κ2) is 11.7. The molecule has 0 bridgehead atoms. The molecule has 29 heavy (non-hydrogen) atoms. The zero-order valence-corrected chi connectivity index (χ0v) is 17.4. The van der Waals surface area contributed by atoms with E-state index >= 15 is 0 Å². The van der Waals surface area contributed by atoms with Crippen LogP contribution in [-0.2, 0) is 11.2 Å². The molecule has 0 saturated heterocycles. The van der Waals surface area contributed by atoms with E-state index in [-0.39, 0.29) is 18.4 Å². The Morgan fingerprint density at radius 2 is 1.76 bits per heavy atom. The third-order valence-corrected chi connectivity index (χ3v) is 4.35. The summed E-state index contributed by atoms with van der Waals surface area (Å²) in [4.78, 5) is 25.4. The van der Waals surface area contributed by atoms with Crippen LogP contribution in [0, 0.1) is 0 Å². The molecule has 0 heterocycles. The van der Waals surface area contributed by atoms with Gasteiger partial charge < -0.3 is 19.7 Å². The largest absolute Gasteiger partial charge is 0.494 e. The Hall–Kier alpha value is -3.02. The minimum atomic E-state index is -0.172. The highest BCUT2D eigenvalue weighted by Crippen LogP contribution is 2.14. The fraction of sp³-hybridized carbons (Fsp3) is 0.391. The molecule has 2 aromatic rings. The van der Waals surface area contributed by atoms with Gasteiger partial charge in [0, 0.05) is 26.2 Å². The molecule has 2 rings (SSSR count). The lowest BCUT2D eigenvalue weighted by molar-refractivity contribution is -0.130. The molecule has 2 aromatic carbocycles. The third-order valence-electron chi connectivity index (χ3n) is 4.35. The molecule has 0 aliphatic carbocycles. The van der Waals surface area contributed by atoms with Crippen LogP contribution in [0.4, 0.5) is 0 Å². The van der Waals surface area contributed by atoms with Crippen molar-refractivity contribution < 1.29 is 19.1 Å². The normalized spacial score (nSPS) is 10.3. The first-order valence-electron chi connectivity index (χ1n) is 9.92. The highest BCUT2D eigenvalue weighted by Gasteiger charge is 2.09. The van der Waals surface area contributed by atoms with Crippen molar-refractivity contribution >= 4 is 11.8 Å². The van der Waals surface area contributed by atoms with E-state index in [1.807, 2.05) is 24.3 Å². The Labute approximate surface area is 172 Å². The average molecular weight is 399 g/mol. The second-order valence-electron chi connectivity index (χ2n) is 6.96. The van der Waals surface area contributed by atoms with E-state index < -0.39 is 0 Å². The summed E-state index contributed by atoms with van der Waals surface area (Å²) in [5, 5.41) is 2.91. The van der Waals surface area contributed by atoms with Crippen LogP contribution >= 0.6 is 0 Å². The van der Waals surface area contributed by atoms with Crippen LogP contribution in [0.5, 0.6) is 11.5 Å². The number of hydrogen-bond acceptors (Lipinski definition) is 4. The van der Waals surface area contributed by atoms with Gasteiger partial charge in [-0.2, -0.15) is 0 Å². The van der Waals surface area contributed by atoms with Crippen molar-refractivity contribution in [1.82, 2.24) is 10.2 Å². The van der Waals surface area contributed by atoms with E-state index in [4.69, 9.17) is 9.47 Å². The van der Waals surface area contributed by atoms with E-state index in [1.54, 1.807) is 38.4 Å². The number of nitrogens with zero attached hydrogens (tertiary/aromatic N) is 1. The smallest absolute Gasteiger partial charge is 0.259 e. The van der Waals surface area contributed by atoms with Crippen molar-refractivity contribution in [3.8, 4) is 11.5 Å². The third kappa shape index (κ3) is 7.86. The topological polar surface area (TPSA) is 67.9 Å². The van der Waals surface area contributed by atoms with E-state index in [0.717, 1.165) is 37.2 Å². The number of nitrogens with one attached hydrogen (secondary N) is 1. The molecule has 1 N–H and O–H groups in total. The SMILES string of the molecule is CCCCOc1ccc(CCNC(=O)c2cccc(OCC(=O)N(C)C)c2)cc1. The Balaban J connectivity index is 1.79. The number of carbonyl (C=O) groups is 2. The highest BCUT2D eigenvalue weighted by molar-refractivity contribution is 5.94. The number of likely N-dealkylation sites (N-methyl/N-ethyl adjacent to an activating group) is 1. The lowest BCUT2D eigenvalue weighted by Crippen LogP contribution is -2.28. The quantitative estimate of drug-likeness (QED) is 0.590. The fourth-order valence-electron chi connectivity index (χ4n) is 2.51. The van der Waals surface area contributed by atoms with Crippen LogP contribution in [0.3, 0.4) is 0 Å². The molecule has 0 aromatic heterocycles. The molecule has 0 spiro atoms. The van der Waals surface area contributed by atoms with Crippen LogP contribution in [-0.4, -0.2) is 50.6 Å². The number of unbranched alkanes of at least 4 members (excludes halogenated alkanes) is 1. The van der Waals surface area contributed by atoms with Crippen LogP contribution in [0.25, 0.3) is 0 Å². The Bertz CT molecular complexity index is 788. The zero-order chi connectivity index (χ0) is 21.1. The molecule has 0 aliphatic heterocycles. The van der Waals surface area contributed by atoms with E-state index in [0.29, 0.717) is 17.9 Å². The summed E-state index contributed by atoms with van der Waals surface area (Å²) >= 11 is 0. The molecule has 0 saturated carbocycles. The van der Waals surface area contributed by atoms with Gasteiger partial charge in [0.25, 0.3) is 11.8 Å². The number of hydrogen-bond donors (Lipinski definition) is 1. The van der Waals surface area contributed by atoms with Gasteiger partial charge in [-0.25, -0.2) is 0 Å². The number of amides is 2. The number of ether oxygens (including phenoxy) is 2. The highest BCUT2D eigenvalue weighted by atomic mass is 16.5. The molecule has 0 unspecified atom stereocenters. The molecule has 0 aliphatic rings. The van der Waals surface area contributed by atoms with Crippen molar-refractivity contribution in [1.29, 1.82) is 0 Å². The fourth-order valence-corrected chi connectivity index (χ4v) is 2.51. The predicted octanol–water partition coefficient (Wildman–Crippen LogP) is 3.31. The van der Waals surface area contributed by atoms with Gasteiger partial charge in [-0.15, -0.1) is 0 Å². The number of benzene rings is 2. The lowest BCUT2D eigenvalue weighted by atomic mass is 10.1. The summed E-state index contributed by atoms with van der Waals surface area (Å²) in [6.45, 7) is 3.34. The van der Waals surface area contributed by atoms with Crippen molar-refractivity contribution in [2.75, 3.05) is 33.9 Å². The Kier molecular flexibility index (Phi) is 9.02. The van der Waals surface area contributed by atoms with Crippen molar-refractivity contribution in [2.45, 2.75) is 26.2 Å². The number of carbonyl (C=O) groups excluding carboxylic acids is 2. The molecular weight excluding hydrogens is 368 g/mol. The minimum Gasteiger partial charge on any atom is -0.494 e. The summed E-state index contributed by atoms with van der Waals surface area (Å²) < 4.78 is 11.1. The van der Waals surface area contributed by atoms with E-state index in [2.05, 4.69) is 12.2 Å². The van der Waals surface area contributed by atoms with Crippen LogP contribution in [0.2, 0.25) is 0 Å². The minimum absolute atomic E-state index is 0.0593. The Morgan fingerprint density at radius 1 is 1.00 bits per heavy atom. The molecule has 0 radical (unpaired) electrons. The first kappa shape index (κ1) is 22.3. The van der Waals surface area contributed by atoms with Crippen molar-refractivity contribution in [3.63, 3.8) is 0 Å². The molecule has 2 amide bonds. The summed E-state index contributed by atoms with van der Waals surface area (Å²) in [6, 6.07) is 14.8. The van der Waals surface area contributed by atoms with Gasteiger partial charge in [0.1, 0.15) is 11.5 Å². The molecular formula is C23H30N2O4. The average Bonchev–Trinajstić information content (AvgIpc) is 2.73. The van der Waals surface area contributed by atoms with Gasteiger partial charge in [0.2, 0.25) is 0 Å². The number of rotatable bonds is 11. The monoisotopic (exact) mass is 398 g/mol. The van der Waals surface area contributed by atoms with Crippen LogP contribution < -0.4 is 14.8 Å². The molecule has 0 atom stereocenters. The zero-order valence-electron chi connectivity index (χ0n) is 17.4. The van der Waals surface area contributed by atoms with E-state index in [1.165, 1.54) is 4.90 Å². The van der Waals surface area contributed by atoms with Gasteiger partial charge in [-0.05, 0) is 48.7 Å². The maximum absolute atomic E-state index is 12.4. The molecule has 6 heteroatoms. The van der Waals surface area contributed by atoms with Crippen LogP contribution in [0.15, 0.2) is 48.5 Å². The first-order chi connectivity index (χ1) is 14.0. The predicted molar refractivity (Wildman–Crippen MR) is 114 cm³/mol. The summed E-state index contributed by atoms with van der Waals surface area (Å²) in [6.07, 6.45) is 2.89. The molecule has 0 fully saturated rings. The van der Waals surface area contributed by atoms with Crippen molar-refractivity contribution in [3.05, 3.63) is 59.7 Å². The summed E-state index contributed by atoms with van der Waals surface area (Å²) in [5.74, 6) is 1.05.